The summed E-state index contributed by atoms with van der Waals surface area (Å²) in [5, 5.41) is 10.3. The lowest BCUT2D eigenvalue weighted by Crippen LogP contribution is -2.44. The van der Waals surface area contributed by atoms with Crippen LogP contribution in [0.2, 0.25) is 0 Å². The largest absolute Gasteiger partial charge is 0.471 e. The smallest absolute Gasteiger partial charge is 0.465 e. The van der Waals surface area contributed by atoms with Crippen LogP contribution in [0.25, 0.3) is 0 Å². The maximum atomic E-state index is 11.8. The number of carbonyl (C=O) groups is 2. The molecule has 1 rings (SSSR count). The highest BCUT2D eigenvalue weighted by atomic mass is 19.4. The van der Waals surface area contributed by atoms with Gasteiger partial charge in [0.15, 0.2) is 0 Å². The predicted octanol–water partition coefficient (Wildman–Crippen LogP) is 0.417. The van der Waals surface area contributed by atoms with E-state index in [0.29, 0.717) is 0 Å². The Hall–Kier alpha value is -1.47. The molecule has 1 fully saturated rings. The summed E-state index contributed by atoms with van der Waals surface area (Å²) in [5.41, 5.74) is 0. The molecule has 1 atom stereocenters. The number of hydrogen-bond donors (Lipinski definition) is 2. The van der Waals surface area contributed by atoms with Crippen molar-refractivity contribution in [1.29, 1.82) is 0 Å². The van der Waals surface area contributed by atoms with E-state index in [4.69, 9.17) is 5.11 Å². The Labute approximate surface area is 82.8 Å². The molecular weight excluding hydrogens is 217 g/mol. The van der Waals surface area contributed by atoms with Crippen LogP contribution in [-0.2, 0) is 4.79 Å². The first-order valence-electron chi connectivity index (χ1n) is 4.16. The molecule has 8 heteroatoms. The van der Waals surface area contributed by atoms with E-state index in [-0.39, 0.29) is 19.5 Å². The number of rotatable bonds is 1. The molecule has 0 bridgehead atoms. The maximum Gasteiger partial charge on any atom is 0.471 e. The standard InChI is InChI=1S/C7H9F3N2O3/c8-7(9,10)5(13)11-4-1-2-12(3-4)6(14)15/h4H,1-3H2,(H,11,13)(H,14,15)/t4-/m0/s1. The minimum atomic E-state index is -4.92. The van der Waals surface area contributed by atoms with E-state index in [9.17, 15) is 22.8 Å². The maximum absolute atomic E-state index is 11.8. The number of nitrogens with one attached hydrogen (secondary N) is 1. The van der Waals surface area contributed by atoms with Crippen molar-refractivity contribution in [1.82, 2.24) is 10.2 Å². The summed E-state index contributed by atoms with van der Waals surface area (Å²) in [4.78, 5) is 21.9. The zero-order chi connectivity index (χ0) is 11.6. The molecule has 1 aliphatic heterocycles. The van der Waals surface area contributed by atoms with Gasteiger partial charge < -0.3 is 15.3 Å². The number of hydrogen-bond acceptors (Lipinski definition) is 2. The molecule has 0 aliphatic carbocycles. The highest BCUT2D eigenvalue weighted by Crippen LogP contribution is 2.16. The number of carboxylic acid groups (broad SMARTS) is 1. The van der Waals surface area contributed by atoms with Crippen LogP contribution >= 0.6 is 0 Å². The molecule has 0 spiro atoms. The summed E-state index contributed by atoms with van der Waals surface area (Å²) in [6, 6.07) is -0.754. The quantitative estimate of drug-likeness (QED) is 0.680. The molecule has 0 saturated carbocycles. The van der Waals surface area contributed by atoms with Crippen LogP contribution < -0.4 is 5.32 Å². The molecule has 0 unspecified atom stereocenters. The van der Waals surface area contributed by atoms with Crippen molar-refractivity contribution < 1.29 is 27.9 Å². The zero-order valence-corrected chi connectivity index (χ0v) is 7.54. The summed E-state index contributed by atoms with van der Waals surface area (Å²) >= 11 is 0. The van der Waals surface area contributed by atoms with E-state index in [1.165, 1.54) is 0 Å². The van der Waals surface area contributed by atoms with Crippen LogP contribution in [0.5, 0.6) is 0 Å². The van der Waals surface area contributed by atoms with Gasteiger partial charge in [0.1, 0.15) is 0 Å². The van der Waals surface area contributed by atoms with Crippen molar-refractivity contribution in [3.05, 3.63) is 0 Å². The van der Waals surface area contributed by atoms with Gasteiger partial charge in [0, 0.05) is 19.1 Å². The molecule has 0 aromatic rings. The fourth-order valence-electron chi connectivity index (χ4n) is 1.32. The molecular formula is C7H9F3N2O3. The molecule has 2 amide bonds. The fourth-order valence-corrected chi connectivity index (χ4v) is 1.32. The van der Waals surface area contributed by atoms with Crippen molar-refractivity contribution in [2.45, 2.75) is 18.6 Å². The predicted molar refractivity (Wildman–Crippen MR) is 42.2 cm³/mol. The summed E-state index contributed by atoms with van der Waals surface area (Å²) in [7, 11) is 0. The highest BCUT2D eigenvalue weighted by Gasteiger charge is 2.40. The van der Waals surface area contributed by atoms with Gasteiger partial charge in [0.05, 0.1) is 0 Å². The Morgan fingerprint density at radius 2 is 2.00 bits per heavy atom. The summed E-state index contributed by atoms with van der Waals surface area (Å²) in [6.45, 7) is 0.0370. The third kappa shape index (κ3) is 3.00. The van der Waals surface area contributed by atoms with E-state index in [1.54, 1.807) is 5.32 Å². The fraction of sp³-hybridized carbons (Fsp3) is 0.714. The zero-order valence-electron chi connectivity index (χ0n) is 7.54. The molecule has 1 saturated heterocycles. The Balaban J connectivity index is 2.43. The first kappa shape index (κ1) is 11.6. The molecule has 15 heavy (non-hydrogen) atoms. The van der Waals surface area contributed by atoms with Crippen molar-refractivity contribution in [2.24, 2.45) is 0 Å². The van der Waals surface area contributed by atoms with Gasteiger partial charge in [0.2, 0.25) is 0 Å². The van der Waals surface area contributed by atoms with Gasteiger partial charge in [-0.2, -0.15) is 13.2 Å². The van der Waals surface area contributed by atoms with Gasteiger partial charge in [-0.15, -0.1) is 0 Å². The second kappa shape index (κ2) is 3.95. The van der Waals surface area contributed by atoms with Gasteiger partial charge in [-0.05, 0) is 6.42 Å². The topological polar surface area (TPSA) is 69.6 Å². The van der Waals surface area contributed by atoms with Gasteiger partial charge >= 0.3 is 18.2 Å². The Morgan fingerprint density at radius 1 is 1.40 bits per heavy atom. The number of likely N-dealkylation sites (tertiary alicyclic amines) is 1. The van der Waals surface area contributed by atoms with Crippen molar-refractivity contribution in [2.75, 3.05) is 13.1 Å². The normalized spacial score (nSPS) is 21.5. The molecule has 86 valence electrons. The summed E-state index contributed by atoms with van der Waals surface area (Å²) in [6.07, 6.45) is -5.91. The molecule has 0 aromatic heterocycles. The number of carbonyl (C=O) groups excluding carboxylic acids is 1. The van der Waals surface area contributed by atoms with E-state index in [0.717, 1.165) is 4.90 Å². The minimum Gasteiger partial charge on any atom is -0.465 e. The summed E-state index contributed by atoms with van der Waals surface area (Å²) in [5.74, 6) is -2.03. The second-order valence-corrected chi connectivity index (χ2v) is 3.19. The lowest BCUT2D eigenvalue weighted by molar-refractivity contribution is -0.174. The van der Waals surface area contributed by atoms with Crippen molar-refractivity contribution in [3.63, 3.8) is 0 Å². The number of amides is 2. The van der Waals surface area contributed by atoms with Crippen LogP contribution in [0.15, 0.2) is 0 Å². The number of nitrogens with zero attached hydrogens (tertiary/aromatic N) is 1. The molecule has 1 heterocycles. The van der Waals surface area contributed by atoms with E-state index >= 15 is 0 Å². The van der Waals surface area contributed by atoms with Crippen LogP contribution in [0.3, 0.4) is 0 Å². The van der Waals surface area contributed by atoms with E-state index in [2.05, 4.69) is 0 Å². The van der Waals surface area contributed by atoms with Crippen molar-refractivity contribution >= 4 is 12.0 Å². The SMILES string of the molecule is O=C(O)N1CC[C@H](NC(=O)C(F)(F)F)C1. The Bertz CT molecular complexity index is 279. The Kier molecular flexibility index (Phi) is 3.06. The van der Waals surface area contributed by atoms with E-state index in [1.807, 2.05) is 0 Å². The Morgan fingerprint density at radius 3 is 2.40 bits per heavy atom. The average molecular weight is 226 g/mol. The van der Waals surface area contributed by atoms with E-state index < -0.39 is 24.2 Å². The van der Waals surface area contributed by atoms with Crippen LogP contribution in [-0.4, -0.2) is 47.3 Å². The molecule has 0 radical (unpaired) electrons. The van der Waals surface area contributed by atoms with Crippen LogP contribution in [0.4, 0.5) is 18.0 Å². The highest BCUT2D eigenvalue weighted by molar-refractivity contribution is 5.82. The number of alkyl halides is 3. The van der Waals surface area contributed by atoms with Gasteiger partial charge in [0.25, 0.3) is 0 Å². The molecule has 5 nitrogen and oxygen atoms in total. The van der Waals surface area contributed by atoms with Crippen LogP contribution in [0.1, 0.15) is 6.42 Å². The average Bonchev–Trinajstić information content (AvgIpc) is 2.50. The third-order valence-corrected chi connectivity index (χ3v) is 2.05. The molecule has 2 N–H and O–H groups in total. The van der Waals surface area contributed by atoms with Gasteiger partial charge in [-0.25, -0.2) is 4.79 Å². The molecule has 0 aromatic carbocycles. The third-order valence-electron chi connectivity index (χ3n) is 2.05. The first-order chi connectivity index (χ1) is 6.80. The summed E-state index contributed by atoms with van der Waals surface area (Å²) < 4.78 is 35.4. The van der Waals surface area contributed by atoms with Gasteiger partial charge in [-0.3, -0.25) is 4.79 Å². The first-order valence-corrected chi connectivity index (χ1v) is 4.16. The lowest BCUT2D eigenvalue weighted by Gasteiger charge is -2.14. The van der Waals surface area contributed by atoms with Crippen LogP contribution in [0, 0.1) is 0 Å². The minimum absolute atomic E-state index is 0.100. The lowest BCUT2D eigenvalue weighted by atomic mass is 10.2. The van der Waals surface area contributed by atoms with Gasteiger partial charge in [-0.1, -0.05) is 0 Å². The second-order valence-electron chi connectivity index (χ2n) is 3.19. The monoisotopic (exact) mass is 226 g/mol. The molecule has 1 aliphatic rings. The van der Waals surface area contributed by atoms with Crippen molar-refractivity contribution in [3.8, 4) is 0 Å². The number of halogens is 3.